The van der Waals surface area contributed by atoms with Crippen molar-refractivity contribution in [1.29, 1.82) is 0 Å². The van der Waals surface area contributed by atoms with Crippen molar-refractivity contribution in [1.82, 2.24) is 19.7 Å². The van der Waals surface area contributed by atoms with Crippen LogP contribution in [-0.2, 0) is 11.3 Å². The third kappa shape index (κ3) is 4.63. The molecule has 1 aromatic heterocycles. The highest BCUT2D eigenvalue weighted by Crippen LogP contribution is 2.18. The molecule has 1 aliphatic heterocycles. The molecule has 1 aliphatic rings. The number of benzene rings is 1. The second-order valence-electron chi connectivity index (χ2n) is 6.28. The molecule has 0 aliphatic carbocycles. The van der Waals surface area contributed by atoms with Gasteiger partial charge >= 0.3 is 0 Å². The first kappa shape index (κ1) is 15.7. The van der Waals surface area contributed by atoms with Crippen LogP contribution < -0.4 is 5.32 Å². The number of rotatable bonds is 5. The van der Waals surface area contributed by atoms with E-state index in [9.17, 15) is 4.79 Å². The third-order valence-corrected chi connectivity index (χ3v) is 4.18. The summed E-state index contributed by atoms with van der Waals surface area (Å²) in [6.07, 6.45) is 5.62. The van der Waals surface area contributed by atoms with Gasteiger partial charge in [-0.3, -0.25) is 14.4 Å². The smallest absolute Gasteiger partial charge is 0.238 e. The number of carbonyl (C=O) groups is 1. The SMILES string of the molecule is Cc1cccc(NC(=O)CN2CCCC(Cn3cncn3)C2)c1. The zero-order valence-corrected chi connectivity index (χ0v) is 13.5. The van der Waals surface area contributed by atoms with E-state index in [2.05, 4.69) is 20.3 Å². The number of nitrogens with one attached hydrogen (secondary N) is 1. The average molecular weight is 313 g/mol. The molecular formula is C17H23N5O. The van der Waals surface area contributed by atoms with Crippen LogP contribution in [0.2, 0.25) is 0 Å². The predicted molar refractivity (Wildman–Crippen MR) is 89.0 cm³/mol. The summed E-state index contributed by atoms with van der Waals surface area (Å²) >= 11 is 0. The molecule has 0 bridgehead atoms. The molecule has 1 atom stereocenters. The number of aryl methyl sites for hydroxylation is 1. The van der Waals surface area contributed by atoms with E-state index in [1.165, 1.54) is 6.42 Å². The van der Waals surface area contributed by atoms with E-state index in [4.69, 9.17) is 0 Å². The normalized spacial score (nSPS) is 18.7. The van der Waals surface area contributed by atoms with Crippen molar-refractivity contribution in [2.45, 2.75) is 26.3 Å². The molecule has 0 radical (unpaired) electrons. The van der Waals surface area contributed by atoms with Crippen molar-refractivity contribution in [2.75, 3.05) is 25.0 Å². The number of likely N-dealkylation sites (tertiary alicyclic amines) is 1. The molecule has 0 saturated carbocycles. The standard InChI is InChI=1S/C17H23N5O/c1-14-4-2-6-16(8-14)20-17(23)11-21-7-3-5-15(9-21)10-22-13-18-12-19-22/h2,4,6,8,12-13,15H,3,5,7,9-11H2,1H3,(H,20,23). The van der Waals surface area contributed by atoms with Crippen molar-refractivity contribution in [2.24, 2.45) is 5.92 Å². The number of carbonyl (C=O) groups excluding carboxylic acids is 1. The lowest BCUT2D eigenvalue weighted by molar-refractivity contribution is -0.117. The Labute approximate surface area is 136 Å². The topological polar surface area (TPSA) is 63.1 Å². The maximum atomic E-state index is 12.2. The summed E-state index contributed by atoms with van der Waals surface area (Å²) in [5.74, 6) is 0.578. The van der Waals surface area contributed by atoms with Gasteiger partial charge in [0.2, 0.25) is 5.91 Å². The van der Waals surface area contributed by atoms with Crippen LogP contribution in [0.15, 0.2) is 36.9 Å². The molecule has 2 heterocycles. The maximum absolute atomic E-state index is 12.2. The lowest BCUT2D eigenvalue weighted by atomic mass is 9.98. The van der Waals surface area contributed by atoms with Crippen LogP contribution in [0.5, 0.6) is 0 Å². The van der Waals surface area contributed by atoms with Crippen LogP contribution in [0.25, 0.3) is 0 Å². The quantitative estimate of drug-likeness (QED) is 0.916. The third-order valence-electron chi connectivity index (χ3n) is 4.18. The van der Waals surface area contributed by atoms with Crippen molar-refractivity contribution in [3.63, 3.8) is 0 Å². The first-order valence-corrected chi connectivity index (χ1v) is 8.10. The van der Waals surface area contributed by atoms with Gasteiger partial charge in [-0.25, -0.2) is 4.98 Å². The number of hydrogen-bond acceptors (Lipinski definition) is 4. The van der Waals surface area contributed by atoms with Crippen LogP contribution in [0.3, 0.4) is 0 Å². The summed E-state index contributed by atoms with van der Waals surface area (Å²) in [5, 5.41) is 7.15. The molecule has 1 N–H and O–H groups in total. The number of amides is 1. The minimum absolute atomic E-state index is 0.0528. The fourth-order valence-electron chi connectivity index (χ4n) is 3.16. The highest BCUT2D eigenvalue weighted by atomic mass is 16.2. The van der Waals surface area contributed by atoms with E-state index in [-0.39, 0.29) is 5.91 Å². The number of nitrogens with zero attached hydrogens (tertiary/aromatic N) is 4. The molecule has 1 fully saturated rings. The predicted octanol–water partition coefficient (Wildman–Crippen LogP) is 1.94. The fraction of sp³-hybridized carbons (Fsp3) is 0.471. The summed E-state index contributed by atoms with van der Waals surface area (Å²) < 4.78 is 1.88. The first-order chi connectivity index (χ1) is 11.2. The Morgan fingerprint density at radius 1 is 1.43 bits per heavy atom. The van der Waals surface area contributed by atoms with E-state index in [1.54, 1.807) is 12.7 Å². The Hall–Kier alpha value is -2.21. The van der Waals surface area contributed by atoms with Gasteiger partial charge in [0.25, 0.3) is 0 Å². The van der Waals surface area contributed by atoms with Gasteiger partial charge in [-0.1, -0.05) is 12.1 Å². The maximum Gasteiger partial charge on any atom is 0.238 e. The molecule has 1 aromatic carbocycles. The van der Waals surface area contributed by atoms with Gasteiger partial charge in [0, 0.05) is 18.8 Å². The molecule has 3 rings (SSSR count). The molecule has 0 spiro atoms. The van der Waals surface area contributed by atoms with Crippen LogP contribution in [0, 0.1) is 12.8 Å². The summed E-state index contributed by atoms with van der Waals surface area (Å²) in [4.78, 5) is 18.5. The Bertz CT molecular complexity index is 640. The molecule has 6 heteroatoms. The first-order valence-electron chi connectivity index (χ1n) is 8.10. The minimum atomic E-state index is 0.0528. The fourth-order valence-corrected chi connectivity index (χ4v) is 3.16. The Morgan fingerprint density at radius 2 is 2.35 bits per heavy atom. The highest BCUT2D eigenvalue weighted by Gasteiger charge is 2.22. The van der Waals surface area contributed by atoms with Gasteiger partial charge in [0.05, 0.1) is 6.54 Å². The van der Waals surface area contributed by atoms with E-state index in [1.807, 2.05) is 35.9 Å². The van der Waals surface area contributed by atoms with Gasteiger partial charge in [-0.15, -0.1) is 0 Å². The summed E-state index contributed by atoms with van der Waals surface area (Å²) in [6.45, 7) is 5.25. The van der Waals surface area contributed by atoms with Crippen molar-refractivity contribution in [3.8, 4) is 0 Å². The molecule has 122 valence electrons. The number of aromatic nitrogens is 3. The molecule has 1 unspecified atom stereocenters. The average Bonchev–Trinajstić information content (AvgIpc) is 3.00. The zero-order chi connectivity index (χ0) is 16.1. The van der Waals surface area contributed by atoms with E-state index >= 15 is 0 Å². The lowest BCUT2D eigenvalue weighted by Crippen LogP contribution is -2.41. The van der Waals surface area contributed by atoms with Gasteiger partial charge in [-0.2, -0.15) is 5.10 Å². The zero-order valence-electron chi connectivity index (χ0n) is 13.5. The second kappa shape index (κ2) is 7.37. The van der Waals surface area contributed by atoms with E-state index < -0.39 is 0 Å². The van der Waals surface area contributed by atoms with Crippen molar-refractivity contribution >= 4 is 11.6 Å². The minimum Gasteiger partial charge on any atom is -0.325 e. The summed E-state index contributed by atoms with van der Waals surface area (Å²) in [6, 6.07) is 7.89. The second-order valence-corrected chi connectivity index (χ2v) is 6.28. The number of anilines is 1. The Balaban J connectivity index is 1.50. The van der Waals surface area contributed by atoms with Gasteiger partial charge in [-0.05, 0) is 49.9 Å². The Kier molecular flexibility index (Phi) is 5.02. The molecular weight excluding hydrogens is 290 g/mol. The summed E-state index contributed by atoms with van der Waals surface area (Å²) in [5.41, 5.74) is 2.01. The Morgan fingerprint density at radius 3 is 3.13 bits per heavy atom. The van der Waals surface area contributed by atoms with Crippen LogP contribution >= 0.6 is 0 Å². The largest absolute Gasteiger partial charge is 0.325 e. The van der Waals surface area contributed by atoms with E-state index in [0.29, 0.717) is 12.5 Å². The molecule has 2 aromatic rings. The highest BCUT2D eigenvalue weighted by molar-refractivity contribution is 5.92. The molecule has 1 amide bonds. The molecule has 23 heavy (non-hydrogen) atoms. The lowest BCUT2D eigenvalue weighted by Gasteiger charge is -2.32. The van der Waals surface area contributed by atoms with Crippen molar-refractivity contribution < 1.29 is 4.79 Å². The van der Waals surface area contributed by atoms with Gasteiger partial charge < -0.3 is 5.32 Å². The molecule has 6 nitrogen and oxygen atoms in total. The number of hydrogen-bond donors (Lipinski definition) is 1. The van der Waals surface area contributed by atoms with Gasteiger partial charge in [0.15, 0.2) is 0 Å². The van der Waals surface area contributed by atoms with Gasteiger partial charge in [0.1, 0.15) is 12.7 Å². The van der Waals surface area contributed by atoms with Crippen LogP contribution in [0.1, 0.15) is 18.4 Å². The van der Waals surface area contributed by atoms with E-state index in [0.717, 1.165) is 37.3 Å². The molecule has 1 saturated heterocycles. The van der Waals surface area contributed by atoms with Crippen LogP contribution in [0.4, 0.5) is 5.69 Å². The monoisotopic (exact) mass is 313 g/mol. The van der Waals surface area contributed by atoms with Crippen molar-refractivity contribution in [3.05, 3.63) is 42.5 Å². The van der Waals surface area contributed by atoms with Crippen LogP contribution in [-0.4, -0.2) is 45.2 Å². The number of piperidine rings is 1. The summed E-state index contributed by atoms with van der Waals surface area (Å²) in [7, 11) is 0.